The SMILES string of the molecule is Cc1cc(C2Nc3cccc4c(C5CCC(F)(F)C5)ccc2c34)c2oc3ccccc3c2c1. The van der Waals surface area contributed by atoms with Crippen LogP contribution < -0.4 is 5.32 Å². The number of fused-ring (bicyclic) bond motifs is 3. The third-order valence-corrected chi connectivity index (χ3v) is 7.52. The van der Waals surface area contributed by atoms with E-state index >= 15 is 0 Å². The summed E-state index contributed by atoms with van der Waals surface area (Å²) < 4.78 is 34.3. The molecule has 2 heterocycles. The summed E-state index contributed by atoms with van der Waals surface area (Å²) in [6.45, 7) is 2.12. The molecule has 2 nitrogen and oxygen atoms in total. The average molecular weight is 440 g/mol. The van der Waals surface area contributed by atoms with Gasteiger partial charge < -0.3 is 9.73 Å². The van der Waals surface area contributed by atoms with Crippen molar-refractivity contribution in [2.45, 2.75) is 44.1 Å². The van der Waals surface area contributed by atoms with Crippen molar-refractivity contribution in [2.75, 3.05) is 5.32 Å². The van der Waals surface area contributed by atoms with E-state index < -0.39 is 5.92 Å². The van der Waals surface area contributed by atoms with Crippen molar-refractivity contribution in [3.8, 4) is 0 Å². The van der Waals surface area contributed by atoms with E-state index in [0.29, 0.717) is 6.42 Å². The minimum atomic E-state index is -2.55. The zero-order chi connectivity index (χ0) is 22.3. The average Bonchev–Trinajstić information content (AvgIpc) is 3.48. The smallest absolute Gasteiger partial charge is 0.248 e. The number of hydrogen-bond donors (Lipinski definition) is 1. The standard InChI is InChI=1S/C29H23F2NO/c1-16-13-22-19-5-2-3-8-25(19)33-28(22)23(14-16)27-21-10-9-18(17-11-12-29(30,31)15-17)20-6-4-7-24(32-27)26(20)21/h2-10,13-14,17,27,32H,11-12,15H2,1H3. The Kier molecular flexibility index (Phi) is 3.80. The molecule has 1 aliphatic carbocycles. The van der Waals surface area contributed by atoms with E-state index in [1.165, 1.54) is 11.1 Å². The maximum atomic E-state index is 14.0. The van der Waals surface area contributed by atoms with Crippen molar-refractivity contribution in [3.63, 3.8) is 0 Å². The van der Waals surface area contributed by atoms with Crippen LogP contribution in [-0.2, 0) is 0 Å². The summed E-state index contributed by atoms with van der Waals surface area (Å²) in [4.78, 5) is 0. The number of alkyl halides is 2. The Balaban J connectivity index is 1.42. The number of hydrogen-bond acceptors (Lipinski definition) is 2. The predicted octanol–water partition coefficient (Wildman–Crippen LogP) is 8.47. The van der Waals surface area contributed by atoms with Gasteiger partial charge in [-0.2, -0.15) is 0 Å². The molecule has 1 saturated carbocycles. The second-order valence-electron chi connectivity index (χ2n) is 9.67. The molecule has 2 aliphatic rings. The van der Waals surface area contributed by atoms with E-state index in [0.717, 1.165) is 49.5 Å². The van der Waals surface area contributed by atoms with Gasteiger partial charge >= 0.3 is 0 Å². The van der Waals surface area contributed by atoms with Gasteiger partial charge in [0.25, 0.3) is 0 Å². The van der Waals surface area contributed by atoms with Crippen LogP contribution in [0.2, 0.25) is 0 Å². The Hall–Kier alpha value is -3.40. The topological polar surface area (TPSA) is 25.2 Å². The maximum Gasteiger partial charge on any atom is 0.248 e. The zero-order valence-electron chi connectivity index (χ0n) is 18.3. The van der Waals surface area contributed by atoms with E-state index in [9.17, 15) is 8.78 Å². The monoisotopic (exact) mass is 439 g/mol. The van der Waals surface area contributed by atoms with Crippen LogP contribution in [0.4, 0.5) is 14.5 Å². The van der Waals surface area contributed by atoms with Crippen molar-refractivity contribution in [1.29, 1.82) is 0 Å². The highest BCUT2D eigenvalue weighted by Gasteiger charge is 2.41. The number of aryl methyl sites for hydroxylation is 1. The lowest BCUT2D eigenvalue weighted by Gasteiger charge is -2.17. The van der Waals surface area contributed by atoms with E-state index in [4.69, 9.17) is 4.42 Å². The normalized spacial score (nSPS) is 21.3. The third kappa shape index (κ3) is 2.76. The van der Waals surface area contributed by atoms with Crippen molar-refractivity contribution >= 4 is 38.4 Å². The zero-order valence-corrected chi connectivity index (χ0v) is 18.3. The highest BCUT2D eigenvalue weighted by atomic mass is 19.3. The molecule has 0 radical (unpaired) electrons. The summed E-state index contributed by atoms with van der Waals surface area (Å²) in [5.41, 5.74) is 7.37. The highest BCUT2D eigenvalue weighted by Crippen LogP contribution is 2.50. The Morgan fingerprint density at radius 2 is 1.70 bits per heavy atom. The predicted molar refractivity (Wildman–Crippen MR) is 129 cm³/mol. The fourth-order valence-corrected chi connectivity index (χ4v) is 6.09. The van der Waals surface area contributed by atoms with Gasteiger partial charge in [-0.1, -0.05) is 42.5 Å². The molecule has 5 aromatic rings. The minimum absolute atomic E-state index is 0.0190. The van der Waals surface area contributed by atoms with E-state index in [1.807, 2.05) is 24.3 Å². The molecule has 1 N–H and O–H groups in total. The molecule has 2 atom stereocenters. The number of halogens is 2. The van der Waals surface area contributed by atoms with Crippen molar-refractivity contribution in [3.05, 3.63) is 89.0 Å². The molecule has 1 aliphatic heterocycles. The molecule has 0 saturated heterocycles. The third-order valence-electron chi connectivity index (χ3n) is 7.52. The van der Waals surface area contributed by atoms with Crippen LogP contribution in [0.3, 0.4) is 0 Å². The molecular weight excluding hydrogens is 416 g/mol. The highest BCUT2D eigenvalue weighted by molar-refractivity contribution is 6.08. The first-order valence-corrected chi connectivity index (χ1v) is 11.6. The van der Waals surface area contributed by atoms with Gasteiger partial charge in [0, 0.05) is 40.3 Å². The quantitative estimate of drug-likeness (QED) is 0.298. The van der Waals surface area contributed by atoms with Crippen molar-refractivity contribution in [1.82, 2.24) is 0 Å². The summed E-state index contributed by atoms with van der Waals surface area (Å²) in [6.07, 6.45) is 0.467. The summed E-state index contributed by atoms with van der Waals surface area (Å²) >= 11 is 0. The molecule has 1 fully saturated rings. The number of rotatable bonds is 2. The first-order chi connectivity index (χ1) is 16.0. The molecule has 2 unspecified atom stereocenters. The molecule has 164 valence electrons. The Morgan fingerprint density at radius 3 is 2.55 bits per heavy atom. The summed E-state index contributed by atoms with van der Waals surface area (Å²) in [7, 11) is 0. The van der Waals surface area contributed by atoms with Crippen LogP contribution in [0.1, 0.15) is 53.5 Å². The summed E-state index contributed by atoms with van der Waals surface area (Å²) in [5, 5.41) is 8.21. The molecule has 0 spiro atoms. The first-order valence-electron chi connectivity index (χ1n) is 11.6. The maximum absolute atomic E-state index is 14.0. The van der Waals surface area contributed by atoms with E-state index in [1.54, 1.807) is 0 Å². The molecule has 4 aromatic carbocycles. The summed E-state index contributed by atoms with van der Waals surface area (Å²) in [5.74, 6) is -2.65. The number of para-hydroxylation sites is 1. The molecule has 4 heteroatoms. The van der Waals surface area contributed by atoms with Gasteiger partial charge in [0.05, 0.1) is 6.04 Å². The largest absolute Gasteiger partial charge is 0.456 e. The minimum Gasteiger partial charge on any atom is -0.456 e. The molecule has 7 rings (SSSR count). The van der Waals surface area contributed by atoms with E-state index in [-0.39, 0.29) is 24.8 Å². The Morgan fingerprint density at radius 1 is 0.879 bits per heavy atom. The van der Waals surface area contributed by atoms with Crippen molar-refractivity contribution in [2.24, 2.45) is 0 Å². The number of furan rings is 1. The molecular formula is C29H23F2NO. The van der Waals surface area contributed by atoms with Crippen LogP contribution in [0, 0.1) is 6.92 Å². The molecule has 0 amide bonds. The van der Waals surface area contributed by atoms with Gasteiger partial charge in [-0.05, 0) is 65.6 Å². The molecule has 33 heavy (non-hydrogen) atoms. The van der Waals surface area contributed by atoms with Crippen LogP contribution in [0.5, 0.6) is 0 Å². The molecule has 1 aromatic heterocycles. The van der Waals surface area contributed by atoms with Gasteiger partial charge in [-0.3, -0.25) is 0 Å². The van der Waals surface area contributed by atoms with Gasteiger partial charge in [-0.25, -0.2) is 8.78 Å². The van der Waals surface area contributed by atoms with Crippen LogP contribution >= 0.6 is 0 Å². The fraction of sp³-hybridized carbons (Fsp3) is 0.241. The number of anilines is 1. The van der Waals surface area contributed by atoms with Gasteiger partial charge in [-0.15, -0.1) is 0 Å². The second-order valence-corrected chi connectivity index (χ2v) is 9.67. The number of benzene rings is 4. The van der Waals surface area contributed by atoms with Crippen LogP contribution in [0.25, 0.3) is 32.7 Å². The van der Waals surface area contributed by atoms with Gasteiger partial charge in [0.1, 0.15) is 11.2 Å². The summed E-state index contributed by atoms with van der Waals surface area (Å²) in [6, 6.07) is 22.9. The van der Waals surface area contributed by atoms with Crippen LogP contribution in [-0.4, -0.2) is 5.92 Å². The van der Waals surface area contributed by atoms with Crippen molar-refractivity contribution < 1.29 is 13.2 Å². The fourth-order valence-electron chi connectivity index (χ4n) is 6.09. The lowest BCUT2D eigenvalue weighted by atomic mass is 9.88. The van der Waals surface area contributed by atoms with Gasteiger partial charge in [0.2, 0.25) is 5.92 Å². The van der Waals surface area contributed by atoms with Gasteiger partial charge in [0.15, 0.2) is 0 Å². The lowest BCUT2D eigenvalue weighted by molar-refractivity contribution is 0.00780. The lowest BCUT2D eigenvalue weighted by Crippen LogP contribution is -2.09. The Labute approximate surface area is 190 Å². The number of nitrogens with one attached hydrogen (secondary N) is 1. The first kappa shape index (κ1) is 19.1. The second kappa shape index (κ2) is 6.57. The van der Waals surface area contributed by atoms with E-state index in [2.05, 4.69) is 54.7 Å². The molecule has 0 bridgehead atoms. The Bertz CT molecular complexity index is 1580. The van der Waals surface area contributed by atoms with Crippen LogP contribution in [0.15, 0.2) is 71.1 Å².